The summed E-state index contributed by atoms with van der Waals surface area (Å²) < 4.78 is 40.4. The summed E-state index contributed by atoms with van der Waals surface area (Å²) in [5, 5.41) is 9.29. The minimum atomic E-state index is -4.50. The van der Waals surface area contributed by atoms with Gasteiger partial charge in [-0.1, -0.05) is 0 Å². The molecule has 0 saturated carbocycles. The Labute approximate surface area is 180 Å². The quantitative estimate of drug-likeness (QED) is 0.358. The molecular weight excluding hydrogens is 488 g/mol. The van der Waals surface area contributed by atoms with E-state index in [1.807, 2.05) is 11.8 Å². The van der Waals surface area contributed by atoms with Crippen LogP contribution in [0, 0.1) is 5.92 Å². The summed E-state index contributed by atoms with van der Waals surface area (Å²) in [4.78, 5) is 17.9. The van der Waals surface area contributed by atoms with Crippen molar-refractivity contribution >= 4 is 35.8 Å². The fraction of sp³-hybridized carbons (Fsp3) is 0.706. The van der Waals surface area contributed by atoms with Crippen LogP contribution >= 0.6 is 24.0 Å². The topological polar surface area (TPSA) is 74.5 Å². The van der Waals surface area contributed by atoms with Crippen molar-refractivity contribution in [1.29, 1.82) is 0 Å². The molecule has 160 valence electrons. The van der Waals surface area contributed by atoms with Gasteiger partial charge in [0.2, 0.25) is 5.91 Å². The summed E-state index contributed by atoms with van der Waals surface area (Å²) in [6, 6.07) is 0. The zero-order valence-electron chi connectivity index (χ0n) is 16.3. The molecule has 2 N–H and O–H groups in total. The van der Waals surface area contributed by atoms with Gasteiger partial charge < -0.3 is 15.5 Å². The first kappa shape index (κ1) is 24.5. The molecule has 7 nitrogen and oxygen atoms in total. The van der Waals surface area contributed by atoms with Crippen molar-refractivity contribution in [3.63, 3.8) is 0 Å². The summed E-state index contributed by atoms with van der Waals surface area (Å²) in [6.07, 6.45) is -0.951. The van der Waals surface area contributed by atoms with Crippen LogP contribution in [0.1, 0.15) is 37.4 Å². The van der Waals surface area contributed by atoms with E-state index in [2.05, 4.69) is 20.7 Å². The predicted octanol–water partition coefficient (Wildman–Crippen LogP) is 2.37. The number of aryl methyl sites for hydroxylation is 1. The standard InChI is InChI=1S/C17H27F3N6O.HI/c1-4-22-16(26-7-5-12(6-8-26)9-14(27)21-2)23-10-13-11-25(3)24-15(13)17(18,19)20;/h11-12H,4-10H2,1-3H3,(H,21,27)(H,22,23);1H. The number of likely N-dealkylation sites (tertiary alicyclic amines) is 1. The molecule has 1 aliphatic rings. The largest absolute Gasteiger partial charge is 0.435 e. The second-order valence-electron chi connectivity index (χ2n) is 6.65. The van der Waals surface area contributed by atoms with Crippen LogP contribution < -0.4 is 10.6 Å². The van der Waals surface area contributed by atoms with Gasteiger partial charge in [0, 0.05) is 51.9 Å². The molecule has 0 atom stereocenters. The lowest BCUT2D eigenvalue weighted by atomic mass is 9.93. The van der Waals surface area contributed by atoms with Crippen LogP contribution in [0.4, 0.5) is 13.2 Å². The van der Waals surface area contributed by atoms with E-state index in [1.54, 1.807) is 7.05 Å². The van der Waals surface area contributed by atoms with Crippen LogP contribution in [0.15, 0.2) is 11.2 Å². The fourth-order valence-electron chi connectivity index (χ4n) is 3.19. The van der Waals surface area contributed by atoms with Gasteiger partial charge in [-0.05, 0) is 25.7 Å². The predicted molar refractivity (Wildman–Crippen MR) is 111 cm³/mol. The van der Waals surface area contributed by atoms with Gasteiger partial charge in [0.1, 0.15) is 0 Å². The molecule has 0 radical (unpaired) electrons. The first-order chi connectivity index (χ1) is 12.7. The van der Waals surface area contributed by atoms with Gasteiger partial charge in [0.15, 0.2) is 11.7 Å². The molecule has 0 unspecified atom stereocenters. The van der Waals surface area contributed by atoms with Gasteiger partial charge >= 0.3 is 6.18 Å². The van der Waals surface area contributed by atoms with Gasteiger partial charge in [-0.3, -0.25) is 9.48 Å². The number of hydrogen-bond acceptors (Lipinski definition) is 3. The average Bonchev–Trinajstić information content (AvgIpc) is 3.00. The Bertz CT molecular complexity index is 668. The first-order valence-electron chi connectivity index (χ1n) is 9.08. The smallest absolute Gasteiger partial charge is 0.359 e. The lowest BCUT2D eigenvalue weighted by Crippen LogP contribution is -2.46. The fourth-order valence-corrected chi connectivity index (χ4v) is 3.19. The van der Waals surface area contributed by atoms with E-state index >= 15 is 0 Å². The highest BCUT2D eigenvalue weighted by molar-refractivity contribution is 14.0. The first-order valence-corrected chi connectivity index (χ1v) is 9.08. The molecule has 1 aliphatic heterocycles. The van der Waals surface area contributed by atoms with Gasteiger partial charge in [0.05, 0.1) is 6.54 Å². The van der Waals surface area contributed by atoms with Crippen molar-refractivity contribution in [1.82, 2.24) is 25.3 Å². The lowest BCUT2D eigenvalue weighted by molar-refractivity contribution is -0.142. The second kappa shape index (κ2) is 10.9. The van der Waals surface area contributed by atoms with Crippen LogP contribution in [0.5, 0.6) is 0 Å². The van der Waals surface area contributed by atoms with E-state index in [4.69, 9.17) is 0 Å². The van der Waals surface area contributed by atoms with E-state index in [9.17, 15) is 18.0 Å². The maximum atomic E-state index is 13.1. The maximum absolute atomic E-state index is 13.1. The minimum absolute atomic E-state index is 0. The molecule has 1 fully saturated rings. The van der Waals surface area contributed by atoms with Crippen molar-refractivity contribution in [2.45, 2.75) is 38.9 Å². The lowest BCUT2D eigenvalue weighted by Gasteiger charge is -2.34. The average molecular weight is 516 g/mol. The number of amides is 1. The molecule has 2 heterocycles. The highest BCUT2D eigenvalue weighted by atomic mass is 127. The molecule has 1 aromatic rings. The number of halogens is 4. The van der Waals surface area contributed by atoms with E-state index in [-0.39, 0.29) is 42.0 Å². The third-order valence-corrected chi connectivity index (χ3v) is 4.57. The van der Waals surface area contributed by atoms with Crippen molar-refractivity contribution in [2.24, 2.45) is 18.0 Å². The molecular formula is C17H28F3IN6O. The van der Waals surface area contributed by atoms with Crippen molar-refractivity contribution in [2.75, 3.05) is 26.7 Å². The SMILES string of the molecule is CCNC(=NCc1cn(C)nc1C(F)(F)F)N1CCC(CC(=O)NC)CC1.I. The zero-order valence-corrected chi connectivity index (χ0v) is 18.7. The summed E-state index contributed by atoms with van der Waals surface area (Å²) in [7, 11) is 3.09. The molecule has 1 amide bonds. The molecule has 0 aromatic carbocycles. The Balaban J connectivity index is 0.00000392. The number of rotatable bonds is 5. The monoisotopic (exact) mass is 516 g/mol. The second-order valence-corrected chi connectivity index (χ2v) is 6.65. The van der Waals surface area contributed by atoms with E-state index in [0.717, 1.165) is 17.5 Å². The maximum Gasteiger partial charge on any atom is 0.435 e. The number of nitrogens with one attached hydrogen (secondary N) is 2. The van der Waals surface area contributed by atoms with Crippen LogP contribution in [-0.4, -0.2) is 53.2 Å². The van der Waals surface area contributed by atoms with E-state index in [1.165, 1.54) is 13.2 Å². The minimum Gasteiger partial charge on any atom is -0.359 e. The summed E-state index contributed by atoms with van der Waals surface area (Å²) >= 11 is 0. The number of hydrogen-bond donors (Lipinski definition) is 2. The van der Waals surface area contributed by atoms with Crippen molar-refractivity contribution in [3.05, 3.63) is 17.5 Å². The Kier molecular flexibility index (Phi) is 9.51. The van der Waals surface area contributed by atoms with Gasteiger partial charge in [-0.15, -0.1) is 24.0 Å². The number of nitrogens with zero attached hydrogens (tertiary/aromatic N) is 4. The van der Waals surface area contributed by atoms with Crippen LogP contribution in [0.25, 0.3) is 0 Å². The third kappa shape index (κ3) is 6.82. The molecule has 1 saturated heterocycles. The molecule has 11 heteroatoms. The molecule has 2 rings (SSSR count). The molecule has 0 aliphatic carbocycles. The Morgan fingerprint density at radius 1 is 1.36 bits per heavy atom. The van der Waals surface area contributed by atoms with E-state index < -0.39 is 11.9 Å². The van der Waals surface area contributed by atoms with Crippen molar-refractivity contribution < 1.29 is 18.0 Å². The summed E-state index contributed by atoms with van der Waals surface area (Å²) in [5.74, 6) is 0.942. The number of aliphatic imine (C=N–C) groups is 1. The van der Waals surface area contributed by atoms with Gasteiger partial charge in [-0.2, -0.15) is 18.3 Å². The molecule has 28 heavy (non-hydrogen) atoms. The number of alkyl halides is 3. The van der Waals surface area contributed by atoms with Crippen LogP contribution in [0.2, 0.25) is 0 Å². The normalized spacial score (nSPS) is 15.9. The Hall–Kier alpha value is -1.53. The Morgan fingerprint density at radius 3 is 2.54 bits per heavy atom. The molecule has 0 spiro atoms. The number of guanidine groups is 1. The van der Waals surface area contributed by atoms with E-state index in [0.29, 0.717) is 37.9 Å². The molecule has 1 aromatic heterocycles. The number of piperidine rings is 1. The zero-order chi connectivity index (χ0) is 20.0. The van der Waals surface area contributed by atoms with Crippen LogP contribution in [0.3, 0.4) is 0 Å². The number of carbonyl (C=O) groups excluding carboxylic acids is 1. The number of aromatic nitrogens is 2. The third-order valence-electron chi connectivity index (χ3n) is 4.57. The summed E-state index contributed by atoms with van der Waals surface area (Å²) in [5.41, 5.74) is -0.844. The van der Waals surface area contributed by atoms with Crippen LogP contribution in [-0.2, 0) is 24.6 Å². The highest BCUT2D eigenvalue weighted by Crippen LogP contribution is 2.31. The van der Waals surface area contributed by atoms with Crippen molar-refractivity contribution in [3.8, 4) is 0 Å². The summed E-state index contributed by atoms with van der Waals surface area (Å²) in [6.45, 7) is 3.87. The van der Waals surface area contributed by atoms with Gasteiger partial charge in [0.25, 0.3) is 0 Å². The number of carbonyl (C=O) groups is 1. The van der Waals surface area contributed by atoms with Gasteiger partial charge in [-0.25, -0.2) is 4.99 Å². The Morgan fingerprint density at radius 2 is 2.00 bits per heavy atom. The highest BCUT2D eigenvalue weighted by Gasteiger charge is 2.36. The molecule has 0 bridgehead atoms.